The number of benzene rings is 3. The maximum atomic E-state index is 11.3. The Balaban J connectivity index is 2.01. The van der Waals surface area contributed by atoms with Crippen molar-refractivity contribution in [1.29, 1.82) is 0 Å². The van der Waals surface area contributed by atoms with Crippen LogP contribution in [0.25, 0.3) is 0 Å². The number of nitrogens with zero attached hydrogens (tertiary/aromatic N) is 3. The van der Waals surface area contributed by atoms with E-state index in [2.05, 4.69) is 10.5 Å². The summed E-state index contributed by atoms with van der Waals surface area (Å²) in [5.74, 6) is 0. The molecule has 0 spiro atoms. The van der Waals surface area contributed by atoms with Crippen molar-refractivity contribution in [3.8, 4) is 0 Å². The Hall–Kier alpha value is -4.11. The summed E-state index contributed by atoms with van der Waals surface area (Å²) in [6, 6.07) is 20.9. The minimum absolute atomic E-state index is 0.0331. The van der Waals surface area contributed by atoms with Crippen molar-refractivity contribution in [1.82, 2.24) is 0 Å². The van der Waals surface area contributed by atoms with Gasteiger partial charge in [-0.15, -0.1) is 0 Å². The van der Waals surface area contributed by atoms with E-state index >= 15 is 0 Å². The molecule has 0 aromatic heterocycles. The normalized spacial score (nSPS) is 12.2. The smallest absolute Gasteiger partial charge is 0.301 e. The first-order chi connectivity index (χ1) is 14.0. The Morgan fingerprint density at radius 1 is 0.897 bits per heavy atom. The van der Waals surface area contributed by atoms with Gasteiger partial charge in [0.2, 0.25) is 0 Å². The van der Waals surface area contributed by atoms with Crippen LogP contribution in [-0.2, 0) is 0 Å². The molecule has 2 N–H and O–H groups in total. The van der Waals surface area contributed by atoms with Crippen molar-refractivity contribution < 1.29 is 15.0 Å². The van der Waals surface area contributed by atoms with Crippen LogP contribution in [0.3, 0.4) is 0 Å². The van der Waals surface area contributed by atoms with E-state index < -0.39 is 27.3 Å². The molecule has 146 valence electrons. The van der Waals surface area contributed by atoms with Crippen LogP contribution in [0.15, 0.2) is 84.0 Å². The molecule has 9 heteroatoms. The van der Waals surface area contributed by atoms with E-state index in [9.17, 15) is 25.3 Å². The van der Waals surface area contributed by atoms with E-state index in [-0.39, 0.29) is 11.4 Å². The lowest BCUT2D eigenvalue weighted by Crippen LogP contribution is -2.15. The third-order valence-corrected chi connectivity index (χ3v) is 4.13. The van der Waals surface area contributed by atoms with E-state index in [4.69, 9.17) is 0 Å². The average molecular weight is 392 g/mol. The van der Waals surface area contributed by atoms with Crippen molar-refractivity contribution in [2.45, 2.75) is 6.10 Å². The second kappa shape index (κ2) is 8.72. The number of rotatable bonds is 7. The third-order valence-electron chi connectivity index (χ3n) is 4.13. The first-order valence-electron chi connectivity index (χ1n) is 8.52. The predicted molar refractivity (Wildman–Crippen MR) is 108 cm³/mol. The monoisotopic (exact) mass is 392 g/mol. The van der Waals surface area contributed by atoms with Gasteiger partial charge in [0.05, 0.1) is 15.9 Å². The molecule has 0 saturated heterocycles. The molecule has 0 unspecified atom stereocenters. The van der Waals surface area contributed by atoms with Gasteiger partial charge in [0, 0.05) is 11.6 Å². The van der Waals surface area contributed by atoms with Gasteiger partial charge in [-0.05, 0) is 11.6 Å². The van der Waals surface area contributed by atoms with Gasteiger partial charge in [0.1, 0.15) is 17.5 Å². The number of hydrogen-bond acceptors (Lipinski definition) is 7. The molecule has 3 aromatic carbocycles. The number of hydrogen-bond donors (Lipinski definition) is 2. The zero-order valence-corrected chi connectivity index (χ0v) is 15.0. The molecule has 9 nitrogen and oxygen atoms in total. The van der Waals surface area contributed by atoms with Crippen LogP contribution in [0.2, 0.25) is 0 Å². The summed E-state index contributed by atoms with van der Waals surface area (Å²) in [4.78, 5) is 20.7. The molecule has 0 heterocycles. The van der Waals surface area contributed by atoms with Gasteiger partial charge in [-0.1, -0.05) is 60.7 Å². The van der Waals surface area contributed by atoms with Gasteiger partial charge in [0.25, 0.3) is 5.69 Å². The summed E-state index contributed by atoms with van der Waals surface area (Å²) >= 11 is 0. The number of aliphatic hydroxyl groups is 1. The van der Waals surface area contributed by atoms with Gasteiger partial charge in [-0.3, -0.25) is 25.7 Å². The van der Waals surface area contributed by atoms with Crippen molar-refractivity contribution in [3.05, 3.63) is 110 Å². The van der Waals surface area contributed by atoms with Gasteiger partial charge < -0.3 is 5.11 Å². The van der Waals surface area contributed by atoms with Crippen LogP contribution in [0.4, 0.5) is 17.1 Å². The fraction of sp³-hybridized carbons (Fsp3) is 0.0500. The van der Waals surface area contributed by atoms with E-state index in [1.54, 1.807) is 48.5 Å². The molecule has 0 bridgehead atoms. The lowest BCUT2D eigenvalue weighted by atomic mass is 9.99. The van der Waals surface area contributed by atoms with Crippen LogP contribution < -0.4 is 5.43 Å². The first-order valence-corrected chi connectivity index (χ1v) is 8.52. The fourth-order valence-corrected chi connectivity index (χ4v) is 2.69. The Morgan fingerprint density at radius 3 is 2.10 bits per heavy atom. The maximum Gasteiger partial charge on any atom is 0.301 e. The maximum absolute atomic E-state index is 11.3. The topological polar surface area (TPSA) is 131 Å². The standard InChI is InChI=1S/C20H16N4O5/c25-20(15-9-5-2-6-10-15)19(14-7-3-1-4-8-14)22-21-17-12-11-16(23(26)27)13-18(17)24(28)29/h1-13,20-21,25H/b22-19+/t20-/m0/s1. The number of nitro benzene ring substituents is 2. The van der Waals surface area contributed by atoms with Crippen LogP contribution in [0.5, 0.6) is 0 Å². The minimum atomic E-state index is -1.09. The summed E-state index contributed by atoms with van der Waals surface area (Å²) in [6.07, 6.45) is -1.09. The fourth-order valence-electron chi connectivity index (χ4n) is 2.69. The SMILES string of the molecule is O=[N+]([O-])c1ccc(N/N=C(\c2ccccc2)[C@@H](O)c2ccccc2)c([N+](=O)[O-])c1. The number of anilines is 1. The quantitative estimate of drug-likeness (QED) is 0.354. The number of aliphatic hydroxyl groups excluding tert-OH is 1. The molecule has 1 atom stereocenters. The number of nitrogens with one attached hydrogen (secondary N) is 1. The number of hydrazone groups is 1. The van der Waals surface area contributed by atoms with Gasteiger partial charge in [-0.2, -0.15) is 5.10 Å². The van der Waals surface area contributed by atoms with Crippen LogP contribution in [0, 0.1) is 20.2 Å². The van der Waals surface area contributed by atoms with E-state index in [0.717, 1.165) is 12.1 Å². The van der Waals surface area contributed by atoms with Gasteiger partial charge in [0.15, 0.2) is 0 Å². The van der Waals surface area contributed by atoms with Gasteiger partial charge >= 0.3 is 5.69 Å². The summed E-state index contributed by atoms with van der Waals surface area (Å²) in [6.45, 7) is 0. The molecule has 0 aliphatic heterocycles. The second-order valence-electron chi connectivity index (χ2n) is 6.00. The van der Waals surface area contributed by atoms with Gasteiger partial charge in [-0.25, -0.2) is 0 Å². The molecule has 0 radical (unpaired) electrons. The molecule has 3 aromatic rings. The lowest BCUT2D eigenvalue weighted by Gasteiger charge is -2.15. The minimum Gasteiger partial charge on any atom is -0.382 e. The van der Waals surface area contributed by atoms with Crippen molar-refractivity contribution in [2.75, 3.05) is 5.43 Å². The Morgan fingerprint density at radius 2 is 1.52 bits per heavy atom. The van der Waals surface area contributed by atoms with E-state index in [0.29, 0.717) is 11.1 Å². The van der Waals surface area contributed by atoms with Crippen LogP contribution in [0.1, 0.15) is 17.2 Å². The van der Waals surface area contributed by atoms with Crippen molar-refractivity contribution in [2.24, 2.45) is 5.10 Å². The molecule has 29 heavy (non-hydrogen) atoms. The Labute approximate surface area is 165 Å². The van der Waals surface area contributed by atoms with E-state index in [1.165, 1.54) is 6.07 Å². The summed E-state index contributed by atoms with van der Waals surface area (Å²) in [5.41, 5.74) is 3.09. The molecule has 3 rings (SSSR count). The number of nitro groups is 2. The molecular weight excluding hydrogens is 376 g/mol. The molecular formula is C20H16N4O5. The first kappa shape index (κ1) is 19.6. The lowest BCUT2D eigenvalue weighted by molar-refractivity contribution is -0.393. The molecule has 0 amide bonds. The highest BCUT2D eigenvalue weighted by atomic mass is 16.6. The Kier molecular flexibility index (Phi) is 5.91. The summed E-state index contributed by atoms with van der Waals surface area (Å²) in [5, 5.41) is 37.2. The average Bonchev–Trinajstić information content (AvgIpc) is 2.75. The highest BCUT2D eigenvalue weighted by molar-refractivity contribution is 6.04. The molecule has 0 aliphatic carbocycles. The largest absolute Gasteiger partial charge is 0.382 e. The second-order valence-corrected chi connectivity index (χ2v) is 6.00. The van der Waals surface area contributed by atoms with Crippen molar-refractivity contribution in [3.63, 3.8) is 0 Å². The Bertz CT molecular complexity index is 1050. The predicted octanol–water partition coefficient (Wildman–Crippen LogP) is 4.05. The molecule has 0 aliphatic rings. The zero-order valence-electron chi connectivity index (χ0n) is 15.0. The number of non-ortho nitro benzene ring substituents is 1. The van der Waals surface area contributed by atoms with Crippen LogP contribution >= 0.6 is 0 Å². The van der Waals surface area contributed by atoms with Crippen LogP contribution in [-0.4, -0.2) is 20.7 Å². The molecule has 0 saturated carbocycles. The zero-order chi connectivity index (χ0) is 20.8. The molecule has 0 fully saturated rings. The third kappa shape index (κ3) is 4.60. The summed E-state index contributed by atoms with van der Waals surface area (Å²) < 4.78 is 0. The highest BCUT2D eigenvalue weighted by Gasteiger charge is 2.21. The van der Waals surface area contributed by atoms with Crippen molar-refractivity contribution >= 4 is 22.8 Å². The van der Waals surface area contributed by atoms with E-state index in [1.807, 2.05) is 12.1 Å². The summed E-state index contributed by atoms with van der Waals surface area (Å²) in [7, 11) is 0. The highest BCUT2D eigenvalue weighted by Crippen LogP contribution is 2.29.